The molecule has 0 fully saturated rings. The van der Waals surface area contributed by atoms with E-state index in [1.165, 1.54) is 17.6 Å². The Balaban J connectivity index is 1.88. The van der Waals surface area contributed by atoms with Crippen molar-refractivity contribution >= 4 is 33.1 Å². The maximum Gasteiger partial charge on any atom is 0.263 e. The number of pyridine rings is 1. The number of rotatable bonds is 3. The quantitative estimate of drug-likeness (QED) is 0.769. The number of nitrogens with two attached hydrogens (primary N) is 1. The maximum absolute atomic E-state index is 12.2. The summed E-state index contributed by atoms with van der Waals surface area (Å²) in [5.41, 5.74) is 8.22. The lowest BCUT2D eigenvalue weighted by Crippen LogP contribution is -2.22. The van der Waals surface area contributed by atoms with Crippen molar-refractivity contribution in [2.24, 2.45) is 0 Å². The van der Waals surface area contributed by atoms with Crippen molar-refractivity contribution in [2.75, 3.05) is 5.73 Å². The third-order valence-corrected chi connectivity index (χ3v) is 4.08. The molecule has 3 heterocycles. The Morgan fingerprint density at radius 2 is 2.35 bits per heavy atom. The summed E-state index contributed by atoms with van der Waals surface area (Å²) in [5, 5.41) is 7.35. The first-order valence-electron chi connectivity index (χ1n) is 5.98. The molecule has 0 spiro atoms. The van der Waals surface area contributed by atoms with Gasteiger partial charge in [0, 0.05) is 17.6 Å². The highest BCUT2D eigenvalue weighted by Crippen LogP contribution is 2.34. The number of amides is 1. The van der Waals surface area contributed by atoms with Crippen LogP contribution in [0.25, 0.3) is 10.2 Å². The molecule has 0 aliphatic rings. The van der Waals surface area contributed by atoms with Crippen LogP contribution in [0.4, 0.5) is 5.69 Å². The number of hydrogen-bond donors (Lipinski definition) is 2. The van der Waals surface area contributed by atoms with E-state index >= 15 is 0 Å². The molecule has 102 valence electrons. The largest absolute Gasteiger partial charge is 0.397 e. The van der Waals surface area contributed by atoms with Crippen molar-refractivity contribution < 1.29 is 9.32 Å². The molecule has 3 aromatic heterocycles. The van der Waals surface area contributed by atoms with Gasteiger partial charge in [-0.3, -0.25) is 4.79 Å². The van der Waals surface area contributed by atoms with Crippen LogP contribution in [0.5, 0.6) is 0 Å². The number of nitrogens with one attached hydrogen (secondary N) is 1. The van der Waals surface area contributed by atoms with E-state index in [1.54, 1.807) is 12.3 Å². The summed E-state index contributed by atoms with van der Waals surface area (Å²) in [6.07, 6.45) is 3.17. The van der Waals surface area contributed by atoms with Gasteiger partial charge in [0.05, 0.1) is 12.2 Å². The number of nitrogen functional groups attached to an aromatic ring is 1. The van der Waals surface area contributed by atoms with Gasteiger partial charge >= 0.3 is 0 Å². The SMILES string of the molecule is Cc1ccnc2sc(C(=O)NCc3ccon3)c(N)c12. The van der Waals surface area contributed by atoms with Crippen molar-refractivity contribution in [3.8, 4) is 0 Å². The minimum atomic E-state index is -0.229. The van der Waals surface area contributed by atoms with E-state index in [0.717, 1.165) is 15.8 Å². The molecule has 0 saturated carbocycles. The molecule has 3 rings (SSSR count). The molecule has 20 heavy (non-hydrogen) atoms. The second-order valence-corrected chi connectivity index (χ2v) is 5.33. The number of anilines is 1. The number of hydrogen-bond acceptors (Lipinski definition) is 6. The van der Waals surface area contributed by atoms with Crippen LogP contribution in [-0.4, -0.2) is 16.0 Å². The molecule has 3 N–H and O–H groups in total. The Kier molecular flexibility index (Phi) is 3.11. The lowest BCUT2D eigenvalue weighted by Gasteiger charge is -2.01. The van der Waals surface area contributed by atoms with Gasteiger partial charge in [0.1, 0.15) is 21.7 Å². The van der Waals surface area contributed by atoms with Crippen LogP contribution in [0.3, 0.4) is 0 Å². The number of aryl methyl sites for hydroxylation is 1. The zero-order valence-electron chi connectivity index (χ0n) is 10.7. The lowest BCUT2D eigenvalue weighted by atomic mass is 10.2. The number of aromatic nitrogens is 2. The molecular weight excluding hydrogens is 276 g/mol. The Bertz CT molecular complexity index is 764. The Labute approximate surface area is 118 Å². The second kappa shape index (κ2) is 4.93. The molecule has 0 aliphatic carbocycles. The van der Waals surface area contributed by atoms with E-state index < -0.39 is 0 Å². The fraction of sp³-hybridized carbons (Fsp3) is 0.154. The van der Waals surface area contributed by atoms with Gasteiger partial charge in [-0.25, -0.2) is 4.98 Å². The summed E-state index contributed by atoms with van der Waals surface area (Å²) in [6, 6.07) is 3.57. The van der Waals surface area contributed by atoms with Crippen LogP contribution in [0.1, 0.15) is 20.9 Å². The van der Waals surface area contributed by atoms with Gasteiger partial charge in [0.2, 0.25) is 0 Å². The van der Waals surface area contributed by atoms with Crippen molar-refractivity contribution in [3.05, 3.63) is 40.7 Å². The average molecular weight is 288 g/mol. The topological polar surface area (TPSA) is 94.0 Å². The van der Waals surface area contributed by atoms with Crippen LogP contribution in [0.15, 0.2) is 29.1 Å². The van der Waals surface area contributed by atoms with Crippen molar-refractivity contribution in [3.63, 3.8) is 0 Å². The number of fused-ring (bicyclic) bond motifs is 1. The van der Waals surface area contributed by atoms with Gasteiger partial charge in [-0.15, -0.1) is 11.3 Å². The van der Waals surface area contributed by atoms with Crippen molar-refractivity contribution in [2.45, 2.75) is 13.5 Å². The smallest absolute Gasteiger partial charge is 0.263 e. The first-order valence-corrected chi connectivity index (χ1v) is 6.79. The predicted molar refractivity (Wildman–Crippen MR) is 76.4 cm³/mol. The first kappa shape index (κ1) is 12.6. The van der Waals surface area contributed by atoms with Gasteiger partial charge < -0.3 is 15.6 Å². The summed E-state index contributed by atoms with van der Waals surface area (Å²) in [5.74, 6) is -0.229. The molecular formula is C13H12N4O2S. The predicted octanol–water partition coefficient (Wildman–Crippen LogP) is 2.10. The lowest BCUT2D eigenvalue weighted by molar-refractivity contribution is 0.0955. The highest BCUT2D eigenvalue weighted by molar-refractivity contribution is 7.21. The molecule has 6 nitrogen and oxygen atoms in total. The van der Waals surface area contributed by atoms with Crippen LogP contribution in [-0.2, 0) is 6.54 Å². The average Bonchev–Trinajstić information content (AvgIpc) is 3.05. The highest BCUT2D eigenvalue weighted by Gasteiger charge is 2.18. The zero-order chi connectivity index (χ0) is 14.1. The Hall–Kier alpha value is -2.41. The van der Waals surface area contributed by atoms with Gasteiger partial charge in [0.15, 0.2) is 0 Å². The molecule has 3 aromatic rings. The van der Waals surface area contributed by atoms with Gasteiger partial charge in [-0.05, 0) is 18.6 Å². The summed E-state index contributed by atoms with van der Waals surface area (Å²) < 4.78 is 4.71. The summed E-state index contributed by atoms with van der Waals surface area (Å²) >= 11 is 1.29. The third kappa shape index (κ3) is 2.12. The number of carbonyl (C=O) groups excluding carboxylic acids is 1. The minimum absolute atomic E-state index is 0.229. The van der Waals surface area contributed by atoms with E-state index in [0.29, 0.717) is 22.8 Å². The van der Waals surface area contributed by atoms with E-state index in [9.17, 15) is 4.79 Å². The molecule has 0 aromatic carbocycles. The van der Waals surface area contributed by atoms with E-state index in [-0.39, 0.29) is 5.91 Å². The van der Waals surface area contributed by atoms with Gasteiger partial charge in [-0.1, -0.05) is 5.16 Å². The van der Waals surface area contributed by atoms with Gasteiger partial charge in [0.25, 0.3) is 5.91 Å². The fourth-order valence-corrected chi connectivity index (χ4v) is 3.01. The monoisotopic (exact) mass is 288 g/mol. The first-order chi connectivity index (χ1) is 9.66. The van der Waals surface area contributed by atoms with Gasteiger partial charge in [-0.2, -0.15) is 0 Å². The Morgan fingerprint density at radius 3 is 3.05 bits per heavy atom. The Morgan fingerprint density at radius 1 is 1.50 bits per heavy atom. The number of thiophene rings is 1. The maximum atomic E-state index is 12.2. The molecule has 0 radical (unpaired) electrons. The summed E-state index contributed by atoms with van der Waals surface area (Å²) in [4.78, 5) is 17.7. The fourth-order valence-electron chi connectivity index (χ4n) is 1.95. The van der Waals surface area contributed by atoms with E-state index in [4.69, 9.17) is 10.3 Å². The molecule has 0 atom stereocenters. The summed E-state index contributed by atoms with van der Waals surface area (Å²) in [7, 11) is 0. The minimum Gasteiger partial charge on any atom is -0.397 e. The number of nitrogens with zero attached hydrogens (tertiary/aromatic N) is 2. The number of carbonyl (C=O) groups is 1. The molecule has 0 aliphatic heterocycles. The highest BCUT2D eigenvalue weighted by atomic mass is 32.1. The second-order valence-electron chi connectivity index (χ2n) is 4.33. The normalized spacial score (nSPS) is 10.8. The molecule has 7 heteroatoms. The summed E-state index contributed by atoms with van der Waals surface area (Å²) in [6.45, 7) is 2.25. The van der Waals surface area contributed by atoms with E-state index in [1.807, 2.05) is 13.0 Å². The van der Waals surface area contributed by atoms with Crippen LogP contribution in [0.2, 0.25) is 0 Å². The van der Waals surface area contributed by atoms with E-state index in [2.05, 4.69) is 15.5 Å². The van der Waals surface area contributed by atoms with Crippen LogP contribution < -0.4 is 11.1 Å². The van der Waals surface area contributed by atoms with Crippen molar-refractivity contribution in [1.82, 2.24) is 15.5 Å². The molecule has 0 unspecified atom stereocenters. The standard InChI is InChI=1S/C13H12N4O2S/c1-7-2-4-15-13-9(7)10(14)11(20-13)12(18)16-6-8-3-5-19-17-8/h2-5H,6,14H2,1H3,(H,16,18). The van der Waals surface area contributed by atoms with Crippen molar-refractivity contribution in [1.29, 1.82) is 0 Å². The molecule has 1 amide bonds. The zero-order valence-corrected chi connectivity index (χ0v) is 11.5. The third-order valence-electron chi connectivity index (χ3n) is 2.96. The van der Waals surface area contributed by atoms with Crippen LogP contribution in [0, 0.1) is 6.92 Å². The van der Waals surface area contributed by atoms with Crippen LogP contribution >= 0.6 is 11.3 Å². The molecule has 0 bridgehead atoms. The molecule has 0 saturated heterocycles.